The summed E-state index contributed by atoms with van der Waals surface area (Å²) in [6.45, 7) is 1.38. The number of fused-ring (bicyclic) bond motifs is 2. The molecule has 1 aliphatic heterocycles. The van der Waals surface area contributed by atoms with Crippen molar-refractivity contribution >= 4 is 22.6 Å². The molecule has 0 saturated carbocycles. The number of carbonyl (C=O) groups excluding carboxylic acids is 1. The van der Waals surface area contributed by atoms with Crippen molar-refractivity contribution in [2.75, 3.05) is 13.1 Å². The predicted molar refractivity (Wildman–Crippen MR) is 111 cm³/mol. The van der Waals surface area contributed by atoms with Gasteiger partial charge in [-0.1, -0.05) is 30.3 Å². The number of urea groups is 1. The highest BCUT2D eigenvalue weighted by Crippen LogP contribution is 2.31. The lowest BCUT2D eigenvalue weighted by atomic mass is 9.88. The molecule has 3 aromatic rings. The van der Waals surface area contributed by atoms with Gasteiger partial charge in [0.1, 0.15) is 5.65 Å². The Kier molecular flexibility index (Phi) is 4.35. The lowest BCUT2D eigenvalue weighted by molar-refractivity contribution is 0.197. The van der Waals surface area contributed by atoms with Crippen molar-refractivity contribution in [3.05, 3.63) is 71.6 Å². The number of nitrogens with one attached hydrogen (secondary N) is 2. The van der Waals surface area contributed by atoms with Crippen molar-refractivity contribution in [1.82, 2.24) is 20.2 Å². The molecule has 2 amide bonds. The smallest absolute Gasteiger partial charge is 0.318 e. The Bertz CT molecular complexity index is 1050. The summed E-state index contributed by atoms with van der Waals surface area (Å²) in [5.74, 6) is 0. The second kappa shape index (κ2) is 7.15. The zero-order valence-corrected chi connectivity index (χ0v) is 15.8. The minimum atomic E-state index is 0.0394. The number of rotatable bonds is 2. The molecule has 0 spiro atoms. The lowest BCUT2D eigenvalue weighted by Gasteiger charge is -2.31. The standard InChI is InChI=1S/C23H24N4O/c28-23(26-21-9-3-6-16-5-1-2-7-18(16)21)27-13-10-17(11-14-27)20-15-25-22-19(20)8-4-12-24-22/h1-2,4-5,7-8,10,12,15,21H,3,6,9,11,13-14H2,(H,24,25)(H,26,28). The third-order valence-corrected chi connectivity index (χ3v) is 5.96. The van der Waals surface area contributed by atoms with Gasteiger partial charge in [0.15, 0.2) is 0 Å². The SMILES string of the molecule is O=C(NC1CCCc2ccccc21)N1CC=C(c2c[nH]c3ncccc23)CC1. The van der Waals surface area contributed by atoms with E-state index in [2.05, 4.69) is 51.7 Å². The van der Waals surface area contributed by atoms with Gasteiger partial charge in [-0.2, -0.15) is 0 Å². The summed E-state index contributed by atoms with van der Waals surface area (Å²) in [6, 6.07) is 12.7. The van der Waals surface area contributed by atoms with Crippen LogP contribution >= 0.6 is 0 Å². The van der Waals surface area contributed by atoms with E-state index in [1.165, 1.54) is 22.3 Å². The van der Waals surface area contributed by atoms with Crippen LogP contribution in [-0.4, -0.2) is 34.0 Å². The maximum Gasteiger partial charge on any atom is 0.318 e. The zero-order chi connectivity index (χ0) is 18.9. The summed E-state index contributed by atoms with van der Waals surface area (Å²) in [5.41, 5.74) is 6.04. The summed E-state index contributed by atoms with van der Waals surface area (Å²) in [7, 11) is 0. The Morgan fingerprint density at radius 1 is 1.18 bits per heavy atom. The van der Waals surface area contributed by atoms with Crippen LogP contribution in [0.2, 0.25) is 0 Å². The zero-order valence-electron chi connectivity index (χ0n) is 15.8. The normalized spacial score (nSPS) is 19.2. The quantitative estimate of drug-likeness (QED) is 0.699. The summed E-state index contributed by atoms with van der Waals surface area (Å²) in [5, 5.41) is 4.41. The van der Waals surface area contributed by atoms with E-state index in [9.17, 15) is 4.79 Å². The molecule has 2 aliphatic rings. The Morgan fingerprint density at radius 2 is 2.11 bits per heavy atom. The van der Waals surface area contributed by atoms with Gasteiger partial charge in [0.05, 0.1) is 6.04 Å². The molecule has 2 N–H and O–H groups in total. The molecule has 5 heteroatoms. The first kappa shape index (κ1) is 17.0. The summed E-state index contributed by atoms with van der Waals surface area (Å²) < 4.78 is 0. The summed E-state index contributed by atoms with van der Waals surface area (Å²) >= 11 is 0. The highest BCUT2D eigenvalue weighted by molar-refractivity contribution is 5.91. The number of aromatic amines is 1. The molecule has 28 heavy (non-hydrogen) atoms. The molecule has 1 unspecified atom stereocenters. The number of aromatic nitrogens is 2. The van der Waals surface area contributed by atoms with Gasteiger partial charge in [-0.05, 0) is 54.5 Å². The fraction of sp³-hybridized carbons (Fsp3) is 0.304. The van der Waals surface area contributed by atoms with Crippen LogP contribution in [0.25, 0.3) is 16.6 Å². The number of hydrogen-bond donors (Lipinski definition) is 2. The minimum Gasteiger partial charge on any atom is -0.346 e. The van der Waals surface area contributed by atoms with Gasteiger partial charge < -0.3 is 15.2 Å². The molecular weight excluding hydrogens is 348 g/mol. The first-order valence-electron chi connectivity index (χ1n) is 10.0. The molecule has 0 bridgehead atoms. The van der Waals surface area contributed by atoms with Gasteiger partial charge in [-0.25, -0.2) is 9.78 Å². The van der Waals surface area contributed by atoms with Gasteiger partial charge in [0.25, 0.3) is 0 Å². The molecule has 5 rings (SSSR count). The number of aryl methyl sites for hydroxylation is 1. The molecule has 5 nitrogen and oxygen atoms in total. The Morgan fingerprint density at radius 3 is 3.00 bits per heavy atom. The molecule has 0 radical (unpaired) electrons. The van der Waals surface area contributed by atoms with Gasteiger partial charge in [0, 0.05) is 36.4 Å². The van der Waals surface area contributed by atoms with Crippen molar-refractivity contribution in [3.63, 3.8) is 0 Å². The van der Waals surface area contributed by atoms with Crippen LogP contribution < -0.4 is 5.32 Å². The molecule has 1 atom stereocenters. The van der Waals surface area contributed by atoms with E-state index in [1.807, 2.05) is 17.2 Å². The number of nitrogens with zero attached hydrogens (tertiary/aromatic N) is 2. The van der Waals surface area contributed by atoms with Gasteiger partial charge >= 0.3 is 6.03 Å². The Hall–Kier alpha value is -3.08. The average molecular weight is 372 g/mol. The summed E-state index contributed by atoms with van der Waals surface area (Å²) in [6.07, 6.45) is 10.1. The van der Waals surface area contributed by atoms with E-state index < -0.39 is 0 Å². The monoisotopic (exact) mass is 372 g/mol. The maximum atomic E-state index is 12.9. The summed E-state index contributed by atoms with van der Waals surface area (Å²) in [4.78, 5) is 22.4. The first-order chi connectivity index (χ1) is 13.8. The topological polar surface area (TPSA) is 61.0 Å². The molecular formula is C23H24N4O. The lowest BCUT2D eigenvalue weighted by Crippen LogP contribution is -2.44. The second-order valence-electron chi connectivity index (χ2n) is 7.62. The number of amides is 2. The van der Waals surface area contributed by atoms with E-state index >= 15 is 0 Å². The fourth-order valence-corrected chi connectivity index (χ4v) is 4.46. The minimum absolute atomic E-state index is 0.0394. The predicted octanol–water partition coefficient (Wildman–Crippen LogP) is 4.44. The Balaban J connectivity index is 1.29. The molecule has 1 aromatic carbocycles. The van der Waals surface area contributed by atoms with Crippen LogP contribution in [0, 0.1) is 0 Å². The van der Waals surface area contributed by atoms with Crippen LogP contribution in [0.5, 0.6) is 0 Å². The highest BCUT2D eigenvalue weighted by atomic mass is 16.2. The number of carbonyl (C=O) groups is 1. The van der Waals surface area contributed by atoms with E-state index in [0.29, 0.717) is 6.54 Å². The van der Waals surface area contributed by atoms with Crippen molar-refractivity contribution in [2.24, 2.45) is 0 Å². The molecule has 142 valence electrons. The number of pyridine rings is 1. The molecule has 0 saturated heterocycles. The van der Waals surface area contributed by atoms with E-state index in [1.54, 1.807) is 6.20 Å². The third kappa shape index (κ3) is 3.07. The largest absolute Gasteiger partial charge is 0.346 e. The van der Waals surface area contributed by atoms with E-state index in [-0.39, 0.29) is 12.1 Å². The van der Waals surface area contributed by atoms with Crippen LogP contribution in [-0.2, 0) is 6.42 Å². The van der Waals surface area contributed by atoms with Crippen LogP contribution in [0.3, 0.4) is 0 Å². The average Bonchev–Trinajstić information content (AvgIpc) is 3.18. The highest BCUT2D eigenvalue weighted by Gasteiger charge is 2.25. The number of benzene rings is 1. The van der Waals surface area contributed by atoms with Crippen LogP contribution in [0.1, 0.15) is 42.0 Å². The van der Waals surface area contributed by atoms with Crippen molar-refractivity contribution < 1.29 is 4.79 Å². The maximum absolute atomic E-state index is 12.9. The van der Waals surface area contributed by atoms with Crippen molar-refractivity contribution in [2.45, 2.75) is 31.7 Å². The van der Waals surface area contributed by atoms with Gasteiger partial charge in [0.2, 0.25) is 0 Å². The second-order valence-corrected chi connectivity index (χ2v) is 7.62. The van der Waals surface area contributed by atoms with Crippen molar-refractivity contribution in [1.29, 1.82) is 0 Å². The molecule has 2 aromatic heterocycles. The number of hydrogen-bond acceptors (Lipinski definition) is 2. The third-order valence-electron chi connectivity index (χ3n) is 5.96. The van der Waals surface area contributed by atoms with Gasteiger partial charge in [-0.15, -0.1) is 0 Å². The van der Waals surface area contributed by atoms with Crippen LogP contribution in [0.15, 0.2) is 54.9 Å². The molecule has 3 heterocycles. The van der Waals surface area contributed by atoms with Crippen LogP contribution in [0.4, 0.5) is 4.79 Å². The van der Waals surface area contributed by atoms with E-state index in [0.717, 1.165) is 43.3 Å². The van der Waals surface area contributed by atoms with E-state index in [4.69, 9.17) is 0 Å². The van der Waals surface area contributed by atoms with Crippen molar-refractivity contribution in [3.8, 4) is 0 Å². The van der Waals surface area contributed by atoms with Gasteiger partial charge in [-0.3, -0.25) is 0 Å². The fourth-order valence-electron chi connectivity index (χ4n) is 4.46. The number of H-pyrrole nitrogens is 1. The Labute approximate surface area is 164 Å². The molecule has 1 aliphatic carbocycles. The molecule has 0 fully saturated rings. The first-order valence-corrected chi connectivity index (χ1v) is 10.0.